The van der Waals surface area contributed by atoms with E-state index < -0.39 is 17.3 Å². The van der Waals surface area contributed by atoms with Crippen LogP contribution in [0.3, 0.4) is 0 Å². The molecule has 0 saturated carbocycles. The fourth-order valence-corrected chi connectivity index (χ4v) is 3.34. The second-order valence-electron chi connectivity index (χ2n) is 5.94. The van der Waals surface area contributed by atoms with Crippen molar-refractivity contribution in [3.63, 3.8) is 0 Å². The third kappa shape index (κ3) is 2.42. The van der Waals surface area contributed by atoms with E-state index in [0.29, 0.717) is 13.1 Å². The monoisotopic (exact) mass is 288 g/mol. The number of nitrogens with zero attached hydrogens (tertiary/aromatic N) is 1. The molecule has 2 heterocycles. The minimum atomic E-state index is -0.807. The zero-order valence-corrected chi connectivity index (χ0v) is 11.9. The summed E-state index contributed by atoms with van der Waals surface area (Å²) in [5, 5.41) is 12.3. The summed E-state index contributed by atoms with van der Waals surface area (Å²) in [5.41, 5.74) is 0.561. The molecule has 0 aliphatic carbocycles. The molecule has 0 bridgehead atoms. The molecule has 0 atom stereocenters. The summed E-state index contributed by atoms with van der Waals surface area (Å²) >= 11 is 0. The molecule has 3 rings (SSSR count). The molecule has 2 N–H and O–H groups in total. The molecule has 2 aliphatic heterocycles. The standard InChI is InChI=1S/C16H20N2O3/c19-14(20)12-10-18(11-12)15(21)16(6-8-17-9-7-16)13-4-2-1-3-5-13/h1-5,12,17H,6-11H2,(H,19,20). The Bertz CT molecular complexity index is 532. The molecule has 21 heavy (non-hydrogen) atoms. The van der Waals surface area contributed by atoms with E-state index in [4.69, 9.17) is 5.11 Å². The molecule has 0 aromatic heterocycles. The van der Waals surface area contributed by atoms with Crippen LogP contribution >= 0.6 is 0 Å². The van der Waals surface area contributed by atoms with Crippen molar-refractivity contribution in [2.24, 2.45) is 5.92 Å². The molecule has 112 valence electrons. The summed E-state index contributed by atoms with van der Waals surface area (Å²) in [6, 6.07) is 9.90. The highest BCUT2D eigenvalue weighted by atomic mass is 16.4. The third-order valence-corrected chi connectivity index (χ3v) is 4.71. The average molecular weight is 288 g/mol. The van der Waals surface area contributed by atoms with Crippen LogP contribution < -0.4 is 5.32 Å². The van der Waals surface area contributed by atoms with Crippen LogP contribution in [0.15, 0.2) is 30.3 Å². The fourth-order valence-electron chi connectivity index (χ4n) is 3.34. The van der Waals surface area contributed by atoms with E-state index in [1.165, 1.54) is 0 Å². The van der Waals surface area contributed by atoms with Crippen LogP contribution in [0.5, 0.6) is 0 Å². The number of benzene rings is 1. The Hall–Kier alpha value is -1.88. The van der Waals surface area contributed by atoms with Gasteiger partial charge < -0.3 is 15.3 Å². The highest BCUT2D eigenvalue weighted by Gasteiger charge is 2.47. The molecular weight excluding hydrogens is 268 g/mol. The van der Waals surface area contributed by atoms with Gasteiger partial charge in [0.1, 0.15) is 0 Å². The lowest BCUT2D eigenvalue weighted by molar-refractivity contribution is -0.156. The summed E-state index contributed by atoms with van der Waals surface area (Å²) in [7, 11) is 0. The van der Waals surface area contributed by atoms with Crippen molar-refractivity contribution in [1.29, 1.82) is 0 Å². The maximum absolute atomic E-state index is 13.0. The Morgan fingerprint density at radius 1 is 1.14 bits per heavy atom. The van der Waals surface area contributed by atoms with Gasteiger partial charge >= 0.3 is 5.97 Å². The Morgan fingerprint density at radius 3 is 2.33 bits per heavy atom. The predicted octanol–water partition coefficient (Wildman–Crippen LogP) is 0.851. The van der Waals surface area contributed by atoms with Gasteiger partial charge in [-0.2, -0.15) is 0 Å². The van der Waals surface area contributed by atoms with E-state index in [-0.39, 0.29) is 5.91 Å². The van der Waals surface area contributed by atoms with Gasteiger partial charge in [-0.05, 0) is 31.5 Å². The number of carboxylic acid groups (broad SMARTS) is 1. The highest BCUT2D eigenvalue weighted by Crippen LogP contribution is 2.37. The largest absolute Gasteiger partial charge is 0.481 e. The lowest BCUT2D eigenvalue weighted by Gasteiger charge is -2.45. The van der Waals surface area contributed by atoms with Crippen LogP contribution in [0.25, 0.3) is 0 Å². The first kappa shape index (κ1) is 14.1. The molecule has 2 aliphatic rings. The minimum absolute atomic E-state index is 0.0905. The summed E-state index contributed by atoms with van der Waals surface area (Å²) in [5.74, 6) is -1.12. The van der Waals surface area contributed by atoms with E-state index in [2.05, 4.69) is 5.32 Å². The van der Waals surface area contributed by atoms with Crippen molar-refractivity contribution in [1.82, 2.24) is 10.2 Å². The van der Waals surface area contributed by atoms with Crippen LogP contribution in [0.4, 0.5) is 0 Å². The lowest BCUT2D eigenvalue weighted by atomic mass is 9.71. The number of likely N-dealkylation sites (tertiary alicyclic amines) is 1. The quantitative estimate of drug-likeness (QED) is 0.865. The first-order chi connectivity index (χ1) is 10.1. The summed E-state index contributed by atoms with van der Waals surface area (Å²) < 4.78 is 0. The summed E-state index contributed by atoms with van der Waals surface area (Å²) in [6.45, 7) is 2.32. The SMILES string of the molecule is O=C(O)C1CN(C(=O)C2(c3ccccc3)CCNCC2)C1. The van der Waals surface area contributed by atoms with Gasteiger partial charge in [-0.1, -0.05) is 30.3 Å². The second kappa shape index (κ2) is 5.48. The van der Waals surface area contributed by atoms with Gasteiger partial charge in [0.2, 0.25) is 5.91 Å². The first-order valence-electron chi connectivity index (χ1n) is 7.42. The number of nitrogens with one attached hydrogen (secondary N) is 1. The number of aliphatic carboxylic acids is 1. The molecule has 0 spiro atoms. The molecule has 5 nitrogen and oxygen atoms in total. The molecule has 5 heteroatoms. The van der Waals surface area contributed by atoms with Gasteiger partial charge in [0.25, 0.3) is 0 Å². The number of amides is 1. The number of carbonyl (C=O) groups is 2. The van der Waals surface area contributed by atoms with Crippen molar-refractivity contribution < 1.29 is 14.7 Å². The van der Waals surface area contributed by atoms with Crippen LogP contribution in [0.1, 0.15) is 18.4 Å². The molecule has 1 amide bonds. The van der Waals surface area contributed by atoms with E-state index in [1.807, 2.05) is 30.3 Å². The number of carbonyl (C=O) groups excluding carboxylic acids is 1. The zero-order chi connectivity index (χ0) is 14.9. The van der Waals surface area contributed by atoms with Crippen molar-refractivity contribution in [3.8, 4) is 0 Å². The molecule has 0 radical (unpaired) electrons. The van der Waals surface area contributed by atoms with Crippen LogP contribution in [-0.2, 0) is 15.0 Å². The predicted molar refractivity (Wildman–Crippen MR) is 77.9 cm³/mol. The van der Waals surface area contributed by atoms with E-state index >= 15 is 0 Å². The Kier molecular flexibility index (Phi) is 3.68. The maximum Gasteiger partial charge on any atom is 0.310 e. The average Bonchev–Trinajstić information content (AvgIpc) is 2.47. The summed E-state index contributed by atoms with van der Waals surface area (Å²) in [6.07, 6.45) is 1.54. The van der Waals surface area contributed by atoms with Gasteiger partial charge in [-0.3, -0.25) is 9.59 Å². The van der Waals surface area contributed by atoms with Crippen molar-refractivity contribution >= 4 is 11.9 Å². The maximum atomic E-state index is 13.0. The van der Waals surface area contributed by atoms with E-state index in [9.17, 15) is 9.59 Å². The Labute approximate surface area is 123 Å². The molecule has 2 saturated heterocycles. The van der Waals surface area contributed by atoms with Crippen molar-refractivity contribution in [2.45, 2.75) is 18.3 Å². The molecule has 2 fully saturated rings. The fraction of sp³-hybridized carbons (Fsp3) is 0.500. The molecular formula is C16H20N2O3. The normalized spacial score (nSPS) is 21.6. The Balaban J connectivity index is 1.83. The summed E-state index contributed by atoms with van der Waals surface area (Å²) in [4.78, 5) is 25.6. The minimum Gasteiger partial charge on any atom is -0.481 e. The highest BCUT2D eigenvalue weighted by molar-refractivity contribution is 5.90. The van der Waals surface area contributed by atoms with Gasteiger partial charge in [-0.15, -0.1) is 0 Å². The van der Waals surface area contributed by atoms with E-state index in [1.54, 1.807) is 4.90 Å². The Morgan fingerprint density at radius 2 is 1.76 bits per heavy atom. The number of carboxylic acids is 1. The second-order valence-corrected chi connectivity index (χ2v) is 5.94. The molecule has 0 unspecified atom stereocenters. The van der Waals surface area contributed by atoms with Crippen LogP contribution in [0, 0.1) is 5.92 Å². The molecule has 1 aromatic rings. The van der Waals surface area contributed by atoms with Crippen molar-refractivity contribution in [3.05, 3.63) is 35.9 Å². The number of hydrogen-bond acceptors (Lipinski definition) is 3. The van der Waals surface area contributed by atoms with Crippen molar-refractivity contribution in [2.75, 3.05) is 26.2 Å². The molecule has 1 aromatic carbocycles. The van der Waals surface area contributed by atoms with Crippen LogP contribution in [-0.4, -0.2) is 48.1 Å². The van der Waals surface area contributed by atoms with Gasteiger partial charge in [-0.25, -0.2) is 0 Å². The first-order valence-corrected chi connectivity index (χ1v) is 7.42. The van der Waals surface area contributed by atoms with E-state index in [0.717, 1.165) is 31.5 Å². The van der Waals surface area contributed by atoms with Gasteiger partial charge in [0, 0.05) is 13.1 Å². The lowest BCUT2D eigenvalue weighted by Crippen LogP contribution is -2.60. The zero-order valence-electron chi connectivity index (χ0n) is 11.9. The van der Waals surface area contributed by atoms with Gasteiger partial charge in [0.15, 0.2) is 0 Å². The van der Waals surface area contributed by atoms with Crippen LogP contribution in [0.2, 0.25) is 0 Å². The smallest absolute Gasteiger partial charge is 0.310 e. The van der Waals surface area contributed by atoms with Gasteiger partial charge in [0.05, 0.1) is 11.3 Å². The number of piperidine rings is 1. The topological polar surface area (TPSA) is 69.6 Å². The number of hydrogen-bond donors (Lipinski definition) is 2. The number of rotatable bonds is 3. The third-order valence-electron chi connectivity index (χ3n) is 4.71.